The standard InChI is InChI=1S/C19H18F2N4/c1-3-13-6-4-5-12(2)18(13)24-17-9-10-22-19(25-17)23-16-8-7-14(20)11-15(16)21/h4-11H,3H2,1-2H3,(H2,22,23,24,25). The highest BCUT2D eigenvalue weighted by atomic mass is 19.1. The number of aromatic nitrogens is 2. The molecule has 0 radical (unpaired) electrons. The van der Waals surface area contributed by atoms with E-state index >= 15 is 0 Å². The SMILES string of the molecule is CCc1cccc(C)c1Nc1ccnc(Nc2ccc(F)cc2F)n1. The van der Waals surface area contributed by atoms with E-state index in [1.165, 1.54) is 17.7 Å². The smallest absolute Gasteiger partial charge is 0.229 e. The molecule has 4 nitrogen and oxygen atoms in total. The molecule has 0 saturated carbocycles. The van der Waals surface area contributed by atoms with Gasteiger partial charge in [0, 0.05) is 18.0 Å². The van der Waals surface area contributed by atoms with Crippen LogP contribution in [0.5, 0.6) is 0 Å². The van der Waals surface area contributed by atoms with Crippen molar-refractivity contribution < 1.29 is 8.78 Å². The Morgan fingerprint density at radius 2 is 1.88 bits per heavy atom. The number of hydrogen-bond donors (Lipinski definition) is 2. The van der Waals surface area contributed by atoms with E-state index in [-0.39, 0.29) is 11.6 Å². The zero-order chi connectivity index (χ0) is 17.8. The molecule has 2 N–H and O–H groups in total. The minimum absolute atomic E-state index is 0.115. The van der Waals surface area contributed by atoms with Crippen LogP contribution in [0.4, 0.5) is 31.9 Å². The van der Waals surface area contributed by atoms with Gasteiger partial charge in [-0.1, -0.05) is 25.1 Å². The Balaban J connectivity index is 1.85. The minimum Gasteiger partial charge on any atom is -0.340 e. The first-order chi connectivity index (χ1) is 12.1. The number of para-hydroxylation sites is 1. The van der Waals surface area contributed by atoms with Crippen LogP contribution in [-0.4, -0.2) is 9.97 Å². The van der Waals surface area contributed by atoms with Crippen molar-refractivity contribution >= 4 is 23.1 Å². The third kappa shape index (κ3) is 3.91. The second-order valence-corrected chi connectivity index (χ2v) is 5.60. The van der Waals surface area contributed by atoms with Gasteiger partial charge in [0.25, 0.3) is 0 Å². The lowest BCUT2D eigenvalue weighted by atomic mass is 10.1. The normalized spacial score (nSPS) is 10.6. The highest BCUT2D eigenvalue weighted by Crippen LogP contribution is 2.25. The number of anilines is 4. The largest absolute Gasteiger partial charge is 0.340 e. The zero-order valence-electron chi connectivity index (χ0n) is 14.0. The van der Waals surface area contributed by atoms with Crippen molar-refractivity contribution in [1.82, 2.24) is 9.97 Å². The van der Waals surface area contributed by atoms with Gasteiger partial charge in [0.1, 0.15) is 17.5 Å². The van der Waals surface area contributed by atoms with E-state index in [0.29, 0.717) is 5.82 Å². The molecule has 0 aliphatic carbocycles. The Morgan fingerprint density at radius 3 is 2.64 bits per heavy atom. The van der Waals surface area contributed by atoms with Crippen LogP contribution in [-0.2, 0) is 6.42 Å². The van der Waals surface area contributed by atoms with Crippen molar-refractivity contribution in [2.24, 2.45) is 0 Å². The summed E-state index contributed by atoms with van der Waals surface area (Å²) in [5, 5.41) is 6.06. The first-order valence-corrected chi connectivity index (χ1v) is 7.97. The molecule has 0 amide bonds. The highest BCUT2D eigenvalue weighted by molar-refractivity contribution is 5.65. The van der Waals surface area contributed by atoms with E-state index < -0.39 is 11.6 Å². The van der Waals surface area contributed by atoms with Crippen molar-refractivity contribution in [2.45, 2.75) is 20.3 Å². The molecule has 0 fully saturated rings. The second-order valence-electron chi connectivity index (χ2n) is 5.60. The van der Waals surface area contributed by atoms with Crippen LogP contribution >= 0.6 is 0 Å². The number of nitrogens with zero attached hydrogens (tertiary/aromatic N) is 2. The van der Waals surface area contributed by atoms with Gasteiger partial charge in [0.2, 0.25) is 5.95 Å². The summed E-state index contributed by atoms with van der Waals surface area (Å²) in [4.78, 5) is 8.43. The number of hydrogen-bond acceptors (Lipinski definition) is 4. The number of nitrogens with one attached hydrogen (secondary N) is 2. The summed E-state index contributed by atoms with van der Waals surface area (Å²) in [6, 6.07) is 11.1. The van der Waals surface area contributed by atoms with Crippen LogP contribution in [0.2, 0.25) is 0 Å². The van der Waals surface area contributed by atoms with Gasteiger partial charge < -0.3 is 10.6 Å². The summed E-state index contributed by atoms with van der Waals surface area (Å²) in [6.07, 6.45) is 2.46. The van der Waals surface area contributed by atoms with E-state index in [2.05, 4.69) is 33.6 Å². The maximum absolute atomic E-state index is 13.8. The lowest BCUT2D eigenvalue weighted by molar-refractivity contribution is 0.586. The van der Waals surface area contributed by atoms with Gasteiger partial charge in [-0.25, -0.2) is 13.8 Å². The van der Waals surface area contributed by atoms with Crippen molar-refractivity contribution in [3.8, 4) is 0 Å². The summed E-state index contributed by atoms with van der Waals surface area (Å²) in [5.74, 6) is -0.522. The molecule has 6 heteroatoms. The molecule has 0 saturated heterocycles. The maximum Gasteiger partial charge on any atom is 0.229 e. The summed E-state index contributed by atoms with van der Waals surface area (Å²) >= 11 is 0. The van der Waals surface area contributed by atoms with Crippen LogP contribution in [0.1, 0.15) is 18.1 Å². The zero-order valence-corrected chi connectivity index (χ0v) is 14.0. The van der Waals surface area contributed by atoms with Gasteiger partial charge in [0.15, 0.2) is 0 Å². The first-order valence-electron chi connectivity index (χ1n) is 7.97. The molecule has 3 rings (SSSR count). The lowest BCUT2D eigenvalue weighted by Gasteiger charge is -2.14. The second kappa shape index (κ2) is 7.25. The first kappa shape index (κ1) is 16.8. The Bertz CT molecular complexity index is 896. The predicted molar refractivity (Wildman–Crippen MR) is 95.5 cm³/mol. The monoisotopic (exact) mass is 340 g/mol. The third-order valence-electron chi connectivity index (χ3n) is 3.83. The Kier molecular flexibility index (Phi) is 4.88. The molecule has 25 heavy (non-hydrogen) atoms. The number of halogens is 2. The van der Waals surface area contributed by atoms with Gasteiger partial charge in [0.05, 0.1) is 5.69 Å². The molecule has 128 valence electrons. The lowest BCUT2D eigenvalue weighted by Crippen LogP contribution is -2.03. The van der Waals surface area contributed by atoms with E-state index in [1.54, 1.807) is 12.3 Å². The molecular weight excluding hydrogens is 322 g/mol. The van der Waals surface area contributed by atoms with Gasteiger partial charge in [-0.3, -0.25) is 0 Å². The maximum atomic E-state index is 13.8. The average molecular weight is 340 g/mol. The Morgan fingerprint density at radius 1 is 1.04 bits per heavy atom. The van der Waals surface area contributed by atoms with Crippen molar-refractivity contribution in [2.75, 3.05) is 10.6 Å². The molecule has 0 aliphatic heterocycles. The van der Waals surface area contributed by atoms with E-state index in [9.17, 15) is 8.78 Å². The molecule has 0 atom stereocenters. The molecule has 0 aliphatic rings. The number of rotatable bonds is 5. The van der Waals surface area contributed by atoms with Crippen LogP contribution in [0.15, 0.2) is 48.7 Å². The number of benzene rings is 2. The fraction of sp³-hybridized carbons (Fsp3) is 0.158. The fourth-order valence-corrected chi connectivity index (χ4v) is 2.53. The highest BCUT2D eigenvalue weighted by Gasteiger charge is 2.08. The van der Waals surface area contributed by atoms with E-state index in [1.807, 2.05) is 19.1 Å². The topological polar surface area (TPSA) is 49.8 Å². The summed E-state index contributed by atoms with van der Waals surface area (Å²) < 4.78 is 26.8. The Labute approximate surface area is 145 Å². The third-order valence-corrected chi connectivity index (χ3v) is 3.83. The molecule has 0 bridgehead atoms. The Hall–Kier alpha value is -3.02. The van der Waals surface area contributed by atoms with Crippen molar-refractivity contribution in [3.63, 3.8) is 0 Å². The van der Waals surface area contributed by atoms with Crippen LogP contribution in [0.25, 0.3) is 0 Å². The van der Waals surface area contributed by atoms with Crippen LogP contribution < -0.4 is 10.6 Å². The quantitative estimate of drug-likeness (QED) is 0.677. The van der Waals surface area contributed by atoms with E-state index in [4.69, 9.17) is 0 Å². The van der Waals surface area contributed by atoms with Gasteiger partial charge >= 0.3 is 0 Å². The number of aryl methyl sites for hydroxylation is 2. The summed E-state index contributed by atoms with van der Waals surface area (Å²) in [7, 11) is 0. The molecule has 1 heterocycles. The van der Waals surface area contributed by atoms with Crippen LogP contribution in [0, 0.1) is 18.6 Å². The molecule has 2 aromatic carbocycles. The van der Waals surface area contributed by atoms with Crippen LogP contribution in [0.3, 0.4) is 0 Å². The average Bonchev–Trinajstić information content (AvgIpc) is 2.59. The minimum atomic E-state index is -0.700. The van der Waals surface area contributed by atoms with Crippen molar-refractivity contribution in [3.05, 3.63) is 71.4 Å². The molecular formula is C19H18F2N4. The van der Waals surface area contributed by atoms with Gasteiger partial charge in [-0.15, -0.1) is 0 Å². The van der Waals surface area contributed by atoms with Crippen molar-refractivity contribution in [1.29, 1.82) is 0 Å². The summed E-state index contributed by atoms with van der Waals surface area (Å²) in [5.41, 5.74) is 3.40. The molecule has 0 spiro atoms. The molecule has 1 aromatic heterocycles. The summed E-state index contributed by atoms with van der Waals surface area (Å²) in [6.45, 7) is 4.11. The van der Waals surface area contributed by atoms with E-state index in [0.717, 1.165) is 23.7 Å². The molecule has 0 unspecified atom stereocenters. The van der Waals surface area contributed by atoms with Gasteiger partial charge in [-0.2, -0.15) is 4.98 Å². The van der Waals surface area contributed by atoms with Gasteiger partial charge in [-0.05, 0) is 42.7 Å². The predicted octanol–water partition coefficient (Wildman–Crippen LogP) is 5.11. The molecule has 3 aromatic rings. The fourth-order valence-electron chi connectivity index (χ4n) is 2.53.